The summed E-state index contributed by atoms with van der Waals surface area (Å²) >= 11 is 7.52. The van der Waals surface area contributed by atoms with Gasteiger partial charge in [0.15, 0.2) is 5.16 Å². The van der Waals surface area contributed by atoms with Gasteiger partial charge in [-0.05, 0) is 43.4 Å². The molecule has 1 aromatic heterocycles. The summed E-state index contributed by atoms with van der Waals surface area (Å²) in [4.78, 5) is 19.6. The Bertz CT molecular complexity index is 901. The number of piperazine rings is 1. The van der Waals surface area contributed by atoms with E-state index in [9.17, 15) is 4.79 Å². The first-order chi connectivity index (χ1) is 15.2. The number of anilines is 1. The molecule has 0 spiro atoms. The molecular weight excluding hydrogens is 432 g/mol. The van der Waals surface area contributed by atoms with Crippen LogP contribution in [0.3, 0.4) is 0 Å². The van der Waals surface area contributed by atoms with Gasteiger partial charge in [0.25, 0.3) is 0 Å². The van der Waals surface area contributed by atoms with Crippen molar-refractivity contribution in [2.24, 2.45) is 0 Å². The minimum atomic E-state index is 0.198. The van der Waals surface area contributed by atoms with Crippen LogP contribution in [-0.2, 0) is 11.3 Å². The fraction of sp³-hybridized carbons (Fsp3) is 0.591. The number of thioether (sulfide) groups is 1. The van der Waals surface area contributed by atoms with E-state index in [4.69, 9.17) is 11.6 Å². The third-order valence-electron chi connectivity index (χ3n) is 6.32. The molecule has 1 amide bonds. The normalized spacial score (nSPS) is 19.9. The SMILES string of the molecule is O=C(CSc1nnc(N2CCCC2)n1C1CC1)N1CCN(Cc2ccc(Cl)cc2)CC1. The molecule has 2 saturated heterocycles. The first-order valence-corrected chi connectivity index (χ1v) is 12.6. The van der Waals surface area contributed by atoms with Gasteiger partial charge in [0, 0.05) is 56.9 Å². The standard InChI is InChI=1S/C22H29ClN6OS/c23-18-5-3-17(4-6-18)15-26-11-13-27(14-12-26)20(30)16-31-22-25-24-21(28-9-1-2-10-28)29(22)19-7-8-19/h3-6,19H,1-2,7-16H2. The summed E-state index contributed by atoms with van der Waals surface area (Å²) in [6, 6.07) is 8.53. The van der Waals surface area contributed by atoms with Gasteiger partial charge in [0.05, 0.1) is 5.75 Å². The molecule has 166 valence electrons. The minimum absolute atomic E-state index is 0.198. The van der Waals surface area contributed by atoms with Crippen LogP contribution >= 0.6 is 23.4 Å². The molecule has 1 saturated carbocycles. The lowest BCUT2D eigenvalue weighted by Crippen LogP contribution is -2.48. The first-order valence-electron chi connectivity index (χ1n) is 11.2. The maximum atomic E-state index is 12.8. The van der Waals surface area contributed by atoms with Crippen molar-refractivity contribution in [1.29, 1.82) is 0 Å². The summed E-state index contributed by atoms with van der Waals surface area (Å²) in [7, 11) is 0. The van der Waals surface area contributed by atoms with E-state index in [2.05, 4.69) is 36.7 Å². The molecule has 31 heavy (non-hydrogen) atoms. The zero-order valence-corrected chi connectivity index (χ0v) is 19.3. The highest BCUT2D eigenvalue weighted by Crippen LogP contribution is 2.41. The van der Waals surface area contributed by atoms with E-state index in [-0.39, 0.29) is 5.91 Å². The second kappa shape index (κ2) is 9.38. The molecule has 0 N–H and O–H groups in total. The van der Waals surface area contributed by atoms with Gasteiger partial charge in [-0.1, -0.05) is 35.5 Å². The average Bonchev–Trinajstić information content (AvgIpc) is 3.31. The maximum absolute atomic E-state index is 12.8. The topological polar surface area (TPSA) is 57.5 Å². The molecule has 0 radical (unpaired) electrons. The number of halogens is 1. The highest BCUT2D eigenvalue weighted by molar-refractivity contribution is 7.99. The number of rotatable bonds is 7. The molecule has 1 aromatic carbocycles. The Morgan fingerprint density at radius 1 is 1.00 bits per heavy atom. The van der Waals surface area contributed by atoms with Crippen molar-refractivity contribution in [3.05, 3.63) is 34.9 Å². The van der Waals surface area contributed by atoms with Crippen molar-refractivity contribution in [3.63, 3.8) is 0 Å². The van der Waals surface area contributed by atoms with Crippen molar-refractivity contribution >= 4 is 35.2 Å². The van der Waals surface area contributed by atoms with Crippen LogP contribution in [0.2, 0.25) is 5.02 Å². The van der Waals surface area contributed by atoms with Crippen LogP contribution in [0.15, 0.2) is 29.4 Å². The highest BCUT2D eigenvalue weighted by atomic mass is 35.5. The summed E-state index contributed by atoms with van der Waals surface area (Å²) in [5.74, 6) is 1.64. The summed E-state index contributed by atoms with van der Waals surface area (Å²) in [5.41, 5.74) is 1.26. The monoisotopic (exact) mass is 460 g/mol. The summed E-state index contributed by atoms with van der Waals surface area (Å²) < 4.78 is 2.29. The lowest BCUT2D eigenvalue weighted by atomic mass is 10.2. The Morgan fingerprint density at radius 3 is 2.39 bits per heavy atom. The fourth-order valence-corrected chi connectivity index (χ4v) is 5.40. The quantitative estimate of drug-likeness (QED) is 0.591. The number of hydrogen-bond donors (Lipinski definition) is 0. The van der Waals surface area contributed by atoms with Gasteiger partial charge in [-0.25, -0.2) is 0 Å². The number of nitrogens with zero attached hydrogens (tertiary/aromatic N) is 6. The van der Waals surface area contributed by atoms with E-state index in [1.165, 1.54) is 31.2 Å². The largest absolute Gasteiger partial charge is 0.341 e. The lowest BCUT2D eigenvalue weighted by Gasteiger charge is -2.34. The number of hydrogen-bond acceptors (Lipinski definition) is 6. The van der Waals surface area contributed by atoms with Crippen molar-refractivity contribution in [3.8, 4) is 0 Å². The molecule has 0 unspecified atom stereocenters. The first kappa shape index (κ1) is 21.1. The van der Waals surface area contributed by atoms with E-state index in [1.54, 1.807) is 11.8 Å². The van der Waals surface area contributed by atoms with Gasteiger partial charge in [-0.15, -0.1) is 10.2 Å². The molecule has 1 aliphatic carbocycles. The maximum Gasteiger partial charge on any atom is 0.233 e. The Hall–Kier alpha value is -1.77. The zero-order chi connectivity index (χ0) is 21.2. The van der Waals surface area contributed by atoms with Crippen LogP contribution in [0, 0.1) is 0 Å². The third-order valence-corrected chi connectivity index (χ3v) is 7.50. The van der Waals surface area contributed by atoms with Gasteiger partial charge in [-0.3, -0.25) is 14.3 Å². The highest BCUT2D eigenvalue weighted by Gasteiger charge is 2.33. The van der Waals surface area contributed by atoms with Crippen LogP contribution in [0.1, 0.15) is 37.3 Å². The van der Waals surface area contributed by atoms with Crippen LogP contribution in [0.25, 0.3) is 0 Å². The van der Waals surface area contributed by atoms with Gasteiger partial charge in [-0.2, -0.15) is 0 Å². The molecule has 0 atom stereocenters. The van der Waals surface area contributed by atoms with Crippen molar-refractivity contribution in [2.75, 3.05) is 49.9 Å². The molecule has 3 fully saturated rings. The lowest BCUT2D eigenvalue weighted by molar-refractivity contribution is -0.130. The van der Waals surface area contributed by atoms with Crippen LogP contribution in [0.4, 0.5) is 5.95 Å². The average molecular weight is 461 g/mol. The number of carbonyl (C=O) groups excluding carboxylic acids is 1. The molecule has 2 aromatic rings. The van der Waals surface area contributed by atoms with E-state index in [0.29, 0.717) is 11.8 Å². The zero-order valence-electron chi connectivity index (χ0n) is 17.7. The summed E-state index contributed by atoms with van der Waals surface area (Å²) in [6.07, 6.45) is 4.83. The van der Waals surface area contributed by atoms with Gasteiger partial charge < -0.3 is 9.80 Å². The molecular formula is C22H29ClN6OS. The number of aromatic nitrogens is 3. The van der Waals surface area contributed by atoms with Crippen molar-refractivity contribution in [1.82, 2.24) is 24.6 Å². The predicted molar refractivity (Wildman–Crippen MR) is 124 cm³/mol. The smallest absolute Gasteiger partial charge is 0.233 e. The van der Waals surface area contributed by atoms with Gasteiger partial charge in [0.1, 0.15) is 0 Å². The third kappa shape index (κ3) is 5.02. The number of amides is 1. The fourth-order valence-electron chi connectivity index (χ4n) is 4.37. The van der Waals surface area contributed by atoms with E-state index in [0.717, 1.165) is 61.9 Å². The van der Waals surface area contributed by atoms with E-state index in [1.807, 2.05) is 17.0 Å². The molecule has 2 aliphatic heterocycles. The number of carbonyl (C=O) groups is 1. The minimum Gasteiger partial charge on any atom is -0.341 e. The Labute approximate surface area is 192 Å². The van der Waals surface area contributed by atoms with Crippen LogP contribution in [-0.4, -0.2) is 75.5 Å². The Kier molecular flexibility index (Phi) is 6.39. The second-order valence-electron chi connectivity index (χ2n) is 8.65. The molecule has 0 bridgehead atoms. The summed E-state index contributed by atoms with van der Waals surface area (Å²) in [6.45, 7) is 6.39. The summed E-state index contributed by atoms with van der Waals surface area (Å²) in [5, 5.41) is 10.6. The van der Waals surface area contributed by atoms with Crippen molar-refractivity contribution in [2.45, 2.75) is 43.4 Å². The van der Waals surface area contributed by atoms with E-state index < -0.39 is 0 Å². The molecule has 3 aliphatic rings. The molecule has 7 nitrogen and oxygen atoms in total. The molecule has 9 heteroatoms. The Morgan fingerprint density at radius 2 is 1.71 bits per heavy atom. The Balaban J connectivity index is 1.13. The van der Waals surface area contributed by atoms with Gasteiger partial charge in [0.2, 0.25) is 11.9 Å². The van der Waals surface area contributed by atoms with Crippen LogP contribution < -0.4 is 4.90 Å². The molecule has 3 heterocycles. The van der Waals surface area contributed by atoms with Crippen molar-refractivity contribution < 1.29 is 4.79 Å². The van der Waals surface area contributed by atoms with Crippen LogP contribution in [0.5, 0.6) is 0 Å². The molecule has 5 rings (SSSR count). The second-order valence-corrected chi connectivity index (χ2v) is 10.0. The number of benzene rings is 1. The van der Waals surface area contributed by atoms with Gasteiger partial charge >= 0.3 is 0 Å². The van der Waals surface area contributed by atoms with E-state index >= 15 is 0 Å². The predicted octanol–water partition coefficient (Wildman–Crippen LogP) is 3.30.